The maximum atomic E-state index is 12.9. The van der Waals surface area contributed by atoms with E-state index in [9.17, 15) is 27.6 Å². The summed E-state index contributed by atoms with van der Waals surface area (Å²) < 4.78 is 27.0. The maximum absolute atomic E-state index is 12.9. The van der Waals surface area contributed by atoms with E-state index in [0.29, 0.717) is 32.5 Å². The average Bonchev–Trinajstić information content (AvgIpc) is 2.85. The van der Waals surface area contributed by atoms with Gasteiger partial charge in [-0.3, -0.25) is 19.2 Å². The van der Waals surface area contributed by atoms with Gasteiger partial charge in [-0.2, -0.15) is 0 Å². The van der Waals surface area contributed by atoms with Gasteiger partial charge in [-0.15, -0.1) is 0 Å². The molecule has 0 aliphatic rings. The second-order valence-corrected chi connectivity index (χ2v) is 13.0. The van der Waals surface area contributed by atoms with Crippen molar-refractivity contribution in [1.82, 2.24) is 20.7 Å². The summed E-state index contributed by atoms with van der Waals surface area (Å²) in [6.07, 6.45) is 1.15. The number of nitrogens with two attached hydrogens (primary N) is 1. The second kappa shape index (κ2) is 14.1. The number of unbranched alkanes of at least 4 members (excludes halogenated alkanes) is 1. The summed E-state index contributed by atoms with van der Waals surface area (Å²) in [5, 5.41) is 9.37. The summed E-state index contributed by atoms with van der Waals surface area (Å²) in [6.45, 7) is 13.4. The highest BCUT2D eigenvalue weighted by Crippen LogP contribution is 2.18. The molecule has 0 aliphatic heterocycles. The van der Waals surface area contributed by atoms with Gasteiger partial charge in [0.1, 0.15) is 11.6 Å². The third-order valence-corrected chi connectivity index (χ3v) is 8.27. The Bertz CT molecular complexity index is 1100. The molecule has 0 radical (unpaired) electrons. The molecule has 0 saturated carbocycles. The number of ketones is 2. The minimum absolute atomic E-state index is 0.0345. The van der Waals surface area contributed by atoms with Crippen LogP contribution >= 0.6 is 0 Å². The Morgan fingerprint density at radius 2 is 1.28 bits per heavy atom. The third kappa shape index (κ3) is 11.1. The molecule has 12 heteroatoms. The third-order valence-electron chi connectivity index (χ3n) is 6.88. The van der Waals surface area contributed by atoms with Crippen LogP contribution in [0.2, 0.25) is 0 Å². The van der Waals surface area contributed by atoms with Crippen LogP contribution in [0.25, 0.3) is 0 Å². The topological polar surface area (TPSA) is 177 Å². The van der Waals surface area contributed by atoms with E-state index in [0.717, 1.165) is 0 Å². The summed E-state index contributed by atoms with van der Waals surface area (Å²) in [6, 6.07) is 5.26. The largest absolute Gasteiger partial charge is 0.351 e. The van der Waals surface area contributed by atoms with Gasteiger partial charge in [-0.05, 0) is 85.2 Å². The highest BCUT2D eigenvalue weighted by molar-refractivity contribution is 7.90. The number of nitrogens with one attached hydrogen (secondary N) is 4. The zero-order valence-corrected chi connectivity index (χ0v) is 25.0. The maximum Gasteiger partial charge on any atom is 0.264 e. The predicted octanol–water partition coefficient (Wildman–Crippen LogP) is 1.27. The van der Waals surface area contributed by atoms with E-state index >= 15 is 0 Å². The van der Waals surface area contributed by atoms with E-state index in [1.54, 1.807) is 27.7 Å². The molecular weight excluding hydrogens is 522 g/mol. The Kier molecular flexibility index (Phi) is 12.4. The quantitative estimate of drug-likeness (QED) is 0.174. The smallest absolute Gasteiger partial charge is 0.264 e. The van der Waals surface area contributed by atoms with Crippen LogP contribution < -0.4 is 26.4 Å². The van der Waals surface area contributed by atoms with Crippen molar-refractivity contribution in [1.29, 1.82) is 0 Å². The molecule has 1 rings (SSSR count). The van der Waals surface area contributed by atoms with E-state index in [1.165, 1.54) is 38.1 Å². The lowest BCUT2D eigenvalue weighted by Crippen LogP contribution is -2.57. The first-order chi connectivity index (χ1) is 17.8. The fraction of sp³-hybridized carbons (Fsp3) is 0.630. The molecule has 0 atom stereocenters. The van der Waals surface area contributed by atoms with Crippen LogP contribution in [0.3, 0.4) is 0 Å². The molecule has 0 unspecified atom stereocenters. The summed E-state index contributed by atoms with van der Waals surface area (Å²) in [7, 11) is -4.07. The van der Waals surface area contributed by atoms with Gasteiger partial charge in [-0.25, -0.2) is 13.1 Å². The summed E-state index contributed by atoms with van der Waals surface area (Å²) in [4.78, 5) is 48.7. The van der Waals surface area contributed by atoms with Crippen molar-refractivity contribution in [2.75, 3.05) is 26.2 Å². The lowest BCUT2D eigenvalue weighted by atomic mass is 9.86. The van der Waals surface area contributed by atoms with Gasteiger partial charge in [0.05, 0.1) is 16.0 Å². The zero-order chi connectivity index (χ0) is 30.1. The van der Waals surface area contributed by atoms with E-state index in [2.05, 4.69) is 16.0 Å². The predicted molar refractivity (Wildman–Crippen MR) is 151 cm³/mol. The molecule has 0 aliphatic carbocycles. The van der Waals surface area contributed by atoms with Gasteiger partial charge < -0.3 is 21.7 Å². The molecule has 2 amide bonds. The molecule has 6 N–H and O–H groups in total. The van der Waals surface area contributed by atoms with Crippen LogP contribution in [-0.2, 0) is 24.4 Å². The minimum Gasteiger partial charge on any atom is -0.351 e. The van der Waals surface area contributed by atoms with Crippen LogP contribution in [0.1, 0.15) is 78.1 Å². The molecule has 0 heterocycles. The van der Waals surface area contributed by atoms with Gasteiger partial charge in [0.2, 0.25) is 5.91 Å². The Labute approximate surface area is 232 Å². The molecule has 39 heavy (non-hydrogen) atoms. The van der Waals surface area contributed by atoms with Gasteiger partial charge in [0.15, 0.2) is 0 Å². The molecule has 0 aromatic heterocycles. The van der Waals surface area contributed by atoms with Gasteiger partial charge in [-0.1, -0.05) is 6.92 Å². The molecule has 0 spiro atoms. The number of amides is 2. The normalized spacial score (nSPS) is 12.6. The zero-order valence-electron chi connectivity index (χ0n) is 24.2. The molecule has 0 fully saturated rings. The second-order valence-electron chi connectivity index (χ2n) is 11.4. The number of hydrogen-bond acceptors (Lipinski definition) is 9. The van der Waals surface area contributed by atoms with Crippen LogP contribution in [0.15, 0.2) is 29.2 Å². The minimum atomic E-state index is -4.07. The standard InChI is InChI=1S/C27H45N5O6S/c1-19(33)25(3,4)30-17-27(7,18-31-26(5,6)20(2)34)16-29-24(36)21-11-13-22(14-12-21)39(37,38)32-23(35)10-8-9-15-28/h11-14,30-31H,8-10,15-18,28H2,1-7H3,(H,29,36)(H,32,35). The number of hydrogen-bond donors (Lipinski definition) is 5. The number of Topliss-reactive ketones (excluding diaryl/α,β-unsaturated/α-hetero) is 2. The summed E-state index contributed by atoms with van der Waals surface area (Å²) in [5.74, 6) is -1.11. The van der Waals surface area contributed by atoms with Crippen molar-refractivity contribution >= 4 is 33.4 Å². The molecule has 11 nitrogen and oxygen atoms in total. The highest BCUT2D eigenvalue weighted by atomic mass is 32.2. The Morgan fingerprint density at radius 3 is 1.72 bits per heavy atom. The molecule has 0 bridgehead atoms. The van der Waals surface area contributed by atoms with Crippen LogP contribution in [0, 0.1) is 5.41 Å². The van der Waals surface area contributed by atoms with Crippen molar-refractivity contribution in [3.63, 3.8) is 0 Å². The van der Waals surface area contributed by atoms with Gasteiger partial charge in [0, 0.05) is 37.0 Å². The van der Waals surface area contributed by atoms with E-state index in [-0.39, 0.29) is 35.0 Å². The fourth-order valence-corrected chi connectivity index (χ4v) is 4.19. The van der Waals surface area contributed by atoms with Crippen LogP contribution in [-0.4, -0.2) is 69.1 Å². The summed E-state index contributed by atoms with van der Waals surface area (Å²) >= 11 is 0. The van der Waals surface area contributed by atoms with Crippen molar-refractivity contribution in [2.45, 2.75) is 83.7 Å². The van der Waals surface area contributed by atoms with Crippen molar-refractivity contribution in [3.05, 3.63) is 29.8 Å². The Balaban J connectivity index is 2.95. The first-order valence-electron chi connectivity index (χ1n) is 13.0. The number of carbonyl (C=O) groups excluding carboxylic acids is 4. The molecule has 1 aromatic carbocycles. The first kappa shape index (κ1) is 34.4. The molecule has 220 valence electrons. The number of benzene rings is 1. The molecule has 1 aromatic rings. The van der Waals surface area contributed by atoms with Crippen molar-refractivity contribution in [3.8, 4) is 0 Å². The van der Waals surface area contributed by atoms with Crippen molar-refractivity contribution < 1.29 is 27.6 Å². The van der Waals surface area contributed by atoms with Crippen LogP contribution in [0.5, 0.6) is 0 Å². The van der Waals surface area contributed by atoms with Gasteiger partial charge in [0.25, 0.3) is 15.9 Å². The Morgan fingerprint density at radius 1 is 0.795 bits per heavy atom. The number of rotatable bonds is 17. The van der Waals surface area contributed by atoms with Crippen molar-refractivity contribution in [2.24, 2.45) is 11.1 Å². The molecular formula is C27H45N5O6S. The monoisotopic (exact) mass is 567 g/mol. The lowest BCUT2D eigenvalue weighted by Gasteiger charge is -2.37. The number of carbonyl (C=O) groups is 4. The van der Waals surface area contributed by atoms with Crippen LogP contribution in [0.4, 0.5) is 0 Å². The lowest BCUT2D eigenvalue weighted by molar-refractivity contribution is -0.122. The van der Waals surface area contributed by atoms with E-state index in [1.807, 2.05) is 11.6 Å². The average molecular weight is 568 g/mol. The first-order valence-corrected chi connectivity index (χ1v) is 14.5. The Hall–Kier alpha value is -2.67. The molecule has 0 saturated heterocycles. The fourth-order valence-electron chi connectivity index (χ4n) is 3.18. The number of sulfonamides is 1. The van der Waals surface area contributed by atoms with Gasteiger partial charge >= 0.3 is 0 Å². The SMILES string of the molecule is CC(=O)C(C)(C)NCC(C)(CNC(=O)c1ccc(S(=O)(=O)NC(=O)CCCCN)cc1)CNC(C)(C)C(C)=O. The van der Waals surface area contributed by atoms with E-state index < -0.39 is 38.3 Å². The highest BCUT2D eigenvalue weighted by Gasteiger charge is 2.33. The summed E-state index contributed by atoms with van der Waals surface area (Å²) in [5.41, 5.74) is 3.48. The van der Waals surface area contributed by atoms with E-state index in [4.69, 9.17) is 5.73 Å².